The topological polar surface area (TPSA) is 59.5 Å². The van der Waals surface area contributed by atoms with E-state index in [1.807, 2.05) is 29.2 Å². The molecule has 2 N–H and O–H groups in total. The Hall–Kier alpha value is -1.81. The molecule has 1 aliphatic rings. The van der Waals surface area contributed by atoms with Gasteiger partial charge in [0.25, 0.3) is 5.91 Å². The van der Waals surface area contributed by atoms with Crippen molar-refractivity contribution in [3.8, 4) is 0 Å². The number of nitrogens with zero attached hydrogens (tertiary/aromatic N) is 1. The molecule has 1 aromatic carbocycles. The summed E-state index contributed by atoms with van der Waals surface area (Å²) in [7, 11) is 0. The van der Waals surface area contributed by atoms with Crippen LogP contribution in [0.3, 0.4) is 0 Å². The van der Waals surface area contributed by atoms with Gasteiger partial charge in [-0.15, -0.1) is 0 Å². The van der Waals surface area contributed by atoms with Crippen molar-refractivity contribution in [1.82, 2.24) is 4.90 Å². The van der Waals surface area contributed by atoms with E-state index in [0.717, 1.165) is 36.8 Å². The number of piperidine rings is 1. The van der Waals surface area contributed by atoms with Crippen LogP contribution in [0, 0.1) is 0 Å². The van der Waals surface area contributed by atoms with Crippen LogP contribution >= 0.6 is 0 Å². The van der Waals surface area contributed by atoms with Gasteiger partial charge < -0.3 is 15.1 Å². The molecule has 4 heteroatoms. The fraction of sp³-hybridized carbons (Fsp3) is 0.400. The molecule has 4 nitrogen and oxygen atoms in total. The molecule has 0 unspecified atom stereocenters. The molecule has 1 aliphatic heterocycles. The first-order valence-corrected chi connectivity index (χ1v) is 6.78. The minimum atomic E-state index is 0.0418. The van der Waals surface area contributed by atoms with Crippen LogP contribution in [0.1, 0.15) is 29.6 Å². The Morgan fingerprint density at radius 2 is 2.21 bits per heavy atom. The molecule has 1 saturated heterocycles. The van der Waals surface area contributed by atoms with Gasteiger partial charge in [0.2, 0.25) is 0 Å². The number of amides is 1. The number of nitrogens with two attached hydrogens (primary N) is 1. The average molecular weight is 258 g/mol. The second-order valence-electron chi connectivity index (χ2n) is 5.03. The predicted octanol–water partition coefficient (Wildman–Crippen LogP) is 2.39. The molecule has 1 aromatic heterocycles. The summed E-state index contributed by atoms with van der Waals surface area (Å²) in [4.78, 5) is 14.6. The number of rotatable bonds is 2. The van der Waals surface area contributed by atoms with Crippen molar-refractivity contribution >= 4 is 16.9 Å². The summed E-state index contributed by atoms with van der Waals surface area (Å²) < 4.78 is 5.45. The Labute approximate surface area is 112 Å². The minimum Gasteiger partial charge on any atom is -0.463 e. The van der Waals surface area contributed by atoms with Crippen molar-refractivity contribution in [2.75, 3.05) is 13.1 Å². The number of hydrogen-bond acceptors (Lipinski definition) is 3. The van der Waals surface area contributed by atoms with E-state index in [9.17, 15) is 4.79 Å². The lowest BCUT2D eigenvalue weighted by Crippen LogP contribution is -2.47. The third kappa shape index (κ3) is 2.12. The second kappa shape index (κ2) is 5.05. The highest BCUT2D eigenvalue weighted by molar-refractivity contribution is 6.06. The zero-order valence-corrected chi connectivity index (χ0v) is 10.8. The SMILES string of the molecule is NC[C@H]1CCCCN1C(=O)c1coc2ccccc12. The molecule has 1 atom stereocenters. The van der Waals surface area contributed by atoms with Gasteiger partial charge in [0.1, 0.15) is 11.8 Å². The van der Waals surface area contributed by atoms with Crippen LogP contribution in [0.4, 0.5) is 0 Å². The molecule has 0 spiro atoms. The van der Waals surface area contributed by atoms with Gasteiger partial charge in [0.05, 0.1) is 5.56 Å². The summed E-state index contributed by atoms with van der Waals surface area (Å²) >= 11 is 0. The van der Waals surface area contributed by atoms with Crippen LogP contribution in [0.2, 0.25) is 0 Å². The van der Waals surface area contributed by atoms with E-state index >= 15 is 0 Å². The summed E-state index contributed by atoms with van der Waals surface area (Å²) in [5.41, 5.74) is 7.19. The van der Waals surface area contributed by atoms with Crippen LogP contribution < -0.4 is 5.73 Å². The maximum Gasteiger partial charge on any atom is 0.258 e. The number of carbonyl (C=O) groups is 1. The first-order chi connectivity index (χ1) is 9.31. The largest absolute Gasteiger partial charge is 0.463 e. The number of likely N-dealkylation sites (tertiary alicyclic amines) is 1. The normalized spacial score (nSPS) is 19.8. The van der Waals surface area contributed by atoms with Crippen molar-refractivity contribution in [2.45, 2.75) is 25.3 Å². The standard InChI is InChI=1S/C15H18N2O2/c16-9-11-5-3-4-8-17(11)15(18)13-10-19-14-7-2-1-6-12(13)14/h1-2,6-7,10-11H,3-5,8-9,16H2/t11-/m1/s1. The quantitative estimate of drug-likeness (QED) is 0.899. The molecular weight excluding hydrogens is 240 g/mol. The Bertz CT molecular complexity index is 591. The van der Waals surface area contributed by atoms with Crippen molar-refractivity contribution in [2.24, 2.45) is 5.73 Å². The van der Waals surface area contributed by atoms with Gasteiger partial charge >= 0.3 is 0 Å². The van der Waals surface area contributed by atoms with Crippen LogP contribution in [-0.2, 0) is 0 Å². The van der Waals surface area contributed by atoms with Crippen LogP contribution in [0.5, 0.6) is 0 Å². The number of furan rings is 1. The number of hydrogen-bond donors (Lipinski definition) is 1. The smallest absolute Gasteiger partial charge is 0.258 e. The number of fused-ring (bicyclic) bond motifs is 1. The highest BCUT2D eigenvalue weighted by atomic mass is 16.3. The fourth-order valence-electron chi connectivity index (χ4n) is 2.81. The number of benzene rings is 1. The molecule has 1 fully saturated rings. The zero-order chi connectivity index (χ0) is 13.2. The lowest BCUT2D eigenvalue weighted by Gasteiger charge is -2.34. The van der Waals surface area contributed by atoms with E-state index in [1.54, 1.807) is 6.26 Å². The van der Waals surface area contributed by atoms with Gasteiger partial charge in [-0.2, -0.15) is 0 Å². The maximum absolute atomic E-state index is 12.7. The van der Waals surface area contributed by atoms with E-state index in [4.69, 9.17) is 10.2 Å². The van der Waals surface area contributed by atoms with Gasteiger partial charge in [0.15, 0.2) is 0 Å². The Balaban J connectivity index is 1.94. The van der Waals surface area contributed by atoms with Gasteiger partial charge in [0, 0.05) is 24.5 Å². The van der Waals surface area contributed by atoms with E-state index < -0.39 is 0 Å². The minimum absolute atomic E-state index is 0.0418. The monoisotopic (exact) mass is 258 g/mol. The Morgan fingerprint density at radius 3 is 3.05 bits per heavy atom. The molecule has 2 heterocycles. The van der Waals surface area contributed by atoms with Crippen molar-refractivity contribution in [1.29, 1.82) is 0 Å². The lowest BCUT2D eigenvalue weighted by molar-refractivity contribution is 0.0624. The summed E-state index contributed by atoms with van der Waals surface area (Å²) in [6, 6.07) is 7.79. The molecule has 100 valence electrons. The van der Waals surface area contributed by atoms with Crippen LogP contribution in [0.25, 0.3) is 11.0 Å². The molecule has 0 aliphatic carbocycles. The molecule has 0 radical (unpaired) electrons. The van der Waals surface area contributed by atoms with Gasteiger partial charge in [-0.25, -0.2) is 0 Å². The number of carbonyl (C=O) groups excluding carboxylic acids is 1. The first kappa shape index (κ1) is 12.2. The van der Waals surface area contributed by atoms with E-state index in [-0.39, 0.29) is 11.9 Å². The Kier molecular flexibility index (Phi) is 3.25. The fourth-order valence-corrected chi connectivity index (χ4v) is 2.81. The van der Waals surface area contributed by atoms with E-state index in [1.165, 1.54) is 0 Å². The molecule has 3 rings (SSSR count). The lowest BCUT2D eigenvalue weighted by atomic mass is 10.0. The van der Waals surface area contributed by atoms with Crippen LogP contribution in [0.15, 0.2) is 34.9 Å². The first-order valence-electron chi connectivity index (χ1n) is 6.78. The van der Waals surface area contributed by atoms with Gasteiger partial charge in [-0.3, -0.25) is 4.79 Å². The van der Waals surface area contributed by atoms with Gasteiger partial charge in [-0.1, -0.05) is 18.2 Å². The van der Waals surface area contributed by atoms with E-state index in [2.05, 4.69) is 0 Å². The molecule has 2 aromatic rings. The third-order valence-corrected chi connectivity index (χ3v) is 3.87. The predicted molar refractivity (Wildman–Crippen MR) is 73.9 cm³/mol. The van der Waals surface area contributed by atoms with Crippen LogP contribution in [-0.4, -0.2) is 29.9 Å². The molecule has 19 heavy (non-hydrogen) atoms. The highest BCUT2D eigenvalue weighted by Crippen LogP contribution is 2.25. The third-order valence-electron chi connectivity index (χ3n) is 3.87. The summed E-state index contributed by atoms with van der Waals surface area (Å²) in [6.45, 7) is 1.32. The Morgan fingerprint density at radius 1 is 1.37 bits per heavy atom. The van der Waals surface area contributed by atoms with Gasteiger partial charge in [-0.05, 0) is 25.3 Å². The van der Waals surface area contributed by atoms with Crippen molar-refractivity contribution in [3.63, 3.8) is 0 Å². The molecule has 1 amide bonds. The average Bonchev–Trinajstić information content (AvgIpc) is 2.90. The molecule has 0 bridgehead atoms. The highest BCUT2D eigenvalue weighted by Gasteiger charge is 2.28. The zero-order valence-electron chi connectivity index (χ0n) is 10.8. The summed E-state index contributed by atoms with van der Waals surface area (Å²) in [6.07, 6.45) is 4.77. The van der Waals surface area contributed by atoms with E-state index in [0.29, 0.717) is 12.1 Å². The second-order valence-corrected chi connectivity index (χ2v) is 5.03. The molecular formula is C15H18N2O2. The summed E-state index contributed by atoms with van der Waals surface area (Å²) in [5, 5.41) is 0.883. The summed E-state index contributed by atoms with van der Waals surface area (Å²) in [5.74, 6) is 0.0418. The van der Waals surface area contributed by atoms with Crippen molar-refractivity contribution in [3.05, 3.63) is 36.1 Å². The maximum atomic E-state index is 12.7. The van der Waals surface area contributed by atoms with Crippen molar-refractivity contribution < 1.29 is 9.21 Å². The molecule has 0 saturated carbocycles. The number of para-hydroxylation sites is 1.